The highest BCUT2D eigenvalue weighted by molar-refractivity contribution is 6.15. The summed E-state index contributed by atoms with van der Waals surface area (Å²) in [6, 6.07) is 14.0. The molecule has 0 bridgehead atoms. The minimum Gasteiger partial charge on any atom is -0.465 e. The molecule has 1 unspecified atom stereocenters. The molecule has 0 radical (unpaired) electrons. The Morgan fingerprint density at radius 1 is 1.09 bits per heavy atom. The molecule has 2 aromatic carbocycles. The van der Waals surface area contributed by atoms with Crippen LogP contribution in [0.3, 0.4) is 0 Å². The van der Waals surface area contributed by atoms with Gasteiger partial charge in [0.1, 0.15) is 6.61 Å². The van der Waals surface area contributed by atoms with Crippen LogP contribution in [-0.2, 0) is 25.7 Å². The first-order valence-corrected chi connectivity index (χ1v) is 11.1. The van der Waals surface area contributed by atoms with Crippen LogP contribution in [0.15, 0.2) is 48.5 Å². The zero-order valence-corrected chi connectivity index (χ0v) is 19.5. The number of pyridine rings is 1. The second-order valence-corrected chi connectivity index (χ2v) is 8.57. The van der Waals surface area contributed by atoms with Gasteiger partial charge >= 0.3 is 11.9 Å². The van der Waals surface area contributed by atoms with Gasteiger partial charge in [-0.25, -0.2) is 14.6 Å². The van der Waals surface area contributed by atoms with Crippen molar-refractivity contribution in [3.8, 4) is 0 Å². The van der Waals surface area contributed by atoms with Crippen LogP contribution in [0.25, 0.3) is 10.9 Å². The molecular formula is C26H23N3O6. The molecule has 1 saturated heterocycles. The van der Waals surface area contributed by atoms with E-state index in [1.54, 1.807) is 37.3 Å². The van der Waals surface area contributed by atoms with Crippen LogP contribution >= 0.6 is 0 Å². The summed E-state index contributed by atoms with van der Waals surface area (Å²) in [5.41, 5.74) is 0.855. The van der Waals surface area contributed by atoms with Gasteiger partial charge in [0.05, 0.1) is 35.1 Å². The summed E-state index contributed by atoms with van der Waals surface area (Å²) < 4.78 is 10.7. The molecule has 178 valence electrons. The number of likely N-dealkylation sites (N-methyl/N-ethyl adjacent to an activating group) is 1. The average Bonchev–Trinajstić information content (AvgIpc) is 3.24. The first-order valence-electron chi connectivity index (χ1n) is 11.1. The summed E-state index contributed by atoms with van der Waals surface area (Å²) in [6.07, 6.45) is 0.178. The predicted octanol–water partition coefficient (Wildman–Crippen LogP) is 2.98. The lowest BCUT2D eigenvalue weighted by Gasteiger charge is -2.46. The van der Waals surface area contributed by atoms with E-state index in [0.717, 1.165) is 5.39 Å². The van der Waals surface area contributed by atoms with Crippen molar-refractivity contribution in [1.29, 1.82) is 0 Å². The van der Waals surface area contributed by atoms with Gasteiger partial charge in [0.25, 0.3) is 5.91 Å². The third-order valence-electron chi connectivity index (χ3n) is 6.83. The highest BCUT2D eigenvalue weighted by Crippen LogP contribution is 2.44. The number of methoxy groups -OCH3 is 1. The highest BCUT2D eigenvalue weighted by atomic mass is 16.5. The Hall–Kier alpha value is -4.27. The largest absolute Gasteiger partial charge is 0.465 e. The molecule has 9 heteroatoms. The van der Waals surface area contributed by atoms with E-state index in [1.165, 1.54) is 24.0 Å². The lowest BCUT2D eigenvalue weighted by atomic mass is 9.97. The van der Waals surface area contributed by atoms with Gasteiger partial charge in [-0.05, 0) is 30.7 Å². The van der Waals surface area contributed by atoms with Crippen LogP contribution in [0.4, 0.5) is 5.69 Å². The number of hydrogen-bond donors (Lipinski definition) is 0. The third kappa shape index (κ3) is 3.18. The number of hydrogen-bond acceptors (Lipinski definition) is 7. The number of anilines is 1. The van der Waals surface area contributed by atoms with Gasteiger partial charge in [-0.1, -0.05) is 30.3 Å². The Labute approximate surface area is 201 Å². The molecule has 2 aliphatic rings. The van der Waals surface area contributed by atoms with Crippen LogP contribution in [-0.4, -0.2) is 53.5 Å². The summed E-state index contributed by atoms with van der Waals surface area (Å²) in [4.78, 5) is 59.4. The average molecular weight is 473 g/mol. The van der Waals surface area contributed by atoms with Gasteiger partial charge in [-0.3, -0.25) is 14.5 Å². The smallest absolute Gasteiger partial charge is 0.354 e. The van der Waals surface area contributed by atoms with E-state index < -0.39 is 17.6 Å². The van der Waals surface area contributed by atoms with Gasteiger partial charge in [-0.15, -0.1) is 0 Å². The molecule has 2 aliphatic heterocycles. The fraction of sp³-hybridized carbons (Fsp3) is 0.269. The number of nitrogens with zero attached hydrogens (tertiary/aromatic N) is 3. The fourth-order valence-electron chi connectivity index (χ4n) is 5.06. The van der Waals surface area contributed by atoms with Gasteiger partial charge in [-0.2, -0.15) is 0 Å². The van der Waals surface area contributed by atoms with E-state index in [1.807, 2.05) is 18.2 Å². The third-order valence-corrected chi connectivity index (χ3v) is 6.83. The van der Waals surface area contributed by atoms with E-state index in [2.05, 4.69) is 4.98 Å². The first kappa shape index (κ1) is 22.5. The summed E-state index contributed by atoms with van der Waals surface area (Å²) >= 11 is 0. The lowest BCUT2D eigenvalue weighted by Crippen LogP contribution is -2.67. The number of ether oxygens (including phenoxy) is 2. The van der Waals surface area contributed by atoms with Crippen molar-refractivity contribution in [2.75, 3.05) is 19.1 Å². The maximum Gasteiger partial charge on any atom is 0.354 e. The molecule has 35 heavy (non-hydrogen) atoms. The van der Waals surface area contributed by atoms with E-state index >= 15 is 0 Å². The molecule has 3 aromatic rings. The molecule has 1 atom stereocenters. The number of esters is 2. The summed E-state index contributed by atoms with van der Waals surface area (Å²) in [5, 5.41) is 0.781. The van der Waals surface area contributed by atoms with E-state index in [9.17, 15) is 19.2 Å². The van der Waals surface area contributed by atoms with Crippen LogP contribution in [0.2, 0.25) is 0 Å². The molecular weight excluding hydrogens is 450 g/mol. The van der Waals surface area contributed by atoms with E-state index in [4.69, 9.17) is 9.47 Å². The second kappa shape index (κ2) is 8.19. The molecule has 1 fully saturated rings. The summed E-state index contributed by atoms with van der Waals surface area (Å²) in [6.45, 7) is 1.45. The van der Waals surface area contributed by atoms with Crippen molar-refractivity contribution in [1.82, 2.24) is 9.88 Å². The topological polar surface area (TPSA) is 106 Å². The quantitative estimate of drug-likeness (QED) is 0.536. The fourth-order valence-corrected chi connectivity index (χ4v) is 5.06. The number of fused-ring (bicyclic) bond motifs is 4. The second-order valence-electron chi connectivity index (χ2n) is 8.57. The zero-order chi connectivity index (χ0) is 24.9. The Balaban J connectivity index is 1.54. The molecule has 0 saturated carbocycles. The Morgan fingerprint density at radius 2 is 1.80 bits per heavy atom. The van der Waals surface area contributed by atoms with Gasteiger partial charge < -0.3 is 14.4 Å². The van der Waals surface area contributed by atoms with Crippen molar-refractivity contribution < 1.29 is 28.7 Å². The number of benzene rings is 2. The van der Waals surface area contributed by atoms with E-state index in [0.29, 0.717) is 22.3 Å². The lowest BCUT2D eigenvalue weighted by molar-refractivity contribution is -0.158. The molecule has 9 nitrogen and oxygen atoms in total. The number of carbonyl (C=O) groups excluding carboxylic acids is 4. The first-order chi connectivity index (χ1) is 16.8. The normalized spacial score (nSPS) is 18.9. The van der Waals surface area contributed by atoms with E-state index in [-0.39, 0.29) is 42.5 Å². The molecule has 2 amide bonds. The number of aromatic nitrogens is 1. The van der Waals surface area contributed by atoms with Gasteiger partial charge in [0.15, 0.2) is 0 Å². The number of amides is 2. The number of para-hydroxylation sites is 2. The minimum atomic E-state index is -1.61. The van der Waals surface area contributed by atoms with Crippen LogP contribution < -0.4 is 4.90 Å². The SMILES string of the molecule is COC(=O)c1c(COC(=O)C23CCC(=O)N2c2ccccc2C(=O)N3C)nc2ccccc2c1C. The minimum absolute atomic E-state index is 0.0851. The molecule has 3 heterocycles. The van der Waals surface area contributed by atoms with Crippen LogP contribution in [0, 0.1) is 6.92 Å². The van der Waals surface area contributed by atoms with Gasteiger partial charge in [0.2, 0.25) is 11.6 Å². The summed E-state index contributed by atoms with van der Waals surface area (Å²) in [7, 11) is 2.76. The maximum absolute atomic E-state index is 13.6. The van der Waals surface area contributed by atoms with Crippen molar-refractivity contribution in [3.63, 3.8) is 0 Å². The van der Waals surface area contributed by atoms with Crippen molar-refractivity contribution in [2.24, 2.45) is 0 Å². The Morgan fingerprint density at radius 3 is 2.57 bits per heavy atom. The van der Waals surface area contributed by atoms with Crippen molar-refractivity contribution in [3.05, 3.63) is 70.9 Å². The number of carbonyl (C=O) groups is 4. The number of rotatable bonds is 4. The molecule has 0 spiro atoms. The summed E-state index contributed by atoms with van der Waals surface area (Å²) in [5.74, 6) is -2.01. The van der Waals surface area contributed by atoms with Crippen molar-refractivity contribution in [2.45, 2.75) is 32.0 Å². The van der Waals surface area contributed by atoms with Crippen LogP contribution in [0.1, 0.15) is 44.8 Å². The number of aryl methyl sites for hydroxylation is 1. The van der Waals surface area contributed by atoms with Crippen molar-refractivity contribution >= 4 is 40.3 Å². The molecule has 5 rings (SSSR count). The highest BCUT2D eigenvalue weighted by Gasteiger charge is 2.60. The Kier molecular flexibility index (Phi) is 5.27. The zero-order valence-electron chi connectivity index (χ0n) is 19.5. The Bertz CT molecular complexity index is 1420. The molecule has 0 N–H and O–H groups in total. The molecule has 1 aromatic heterocycles. The molecule has 0 aliphatic carbocycles. The van der Waals surface area contributed by atoms with Gasteiger partial charge in [0, 0.05) is 25.3 Å². The monoisotopic (exact) mass is 473 g/mol. The predicted molar refractivity (Wildman–Crippen MR) is 126 cm³/mol. The maximum atomic E-state index is 13.6. The van der Waals surface area contributed by atoms with Crippen LogP contribution in [0.5, 0.6) is 0 Å². The standard InChI is InChI=1S/C26H23N3O6/c1-15-16-8-4-6-10-18(16)27-19(22(15)24(32)34-3)14-35-25(33)26-13-12-21(30)29(26)20-11-7-5-9-17(20)23(31)28(26)2/h4-11H,12-14H2,1-3H3.